The van der Waals surface area contributed by atoms with Crippen molar-refractivity contribution in [3.8, 4) is 11.5 Å². The fraction of sp³-hybridized carbons (Fsp3) is 0.125. The summed E-state index contributed by atoms with van der Waals surface area (Å²) in [5.41, 5.74) is 3.51. The third kappa shape index (κ3) is 6.36. The van der Waals surface area contributed by atoms with E-state index in [4.69, 9.17) is 37.7 Å². The van der Waals surface area contributed by atoms with Crippen LogP contribution in [0.5, 0.6) is 11.5 Å². The third-order valence-electron chi connectivity index (χ3n) is 6.35. The molecule has 0 saturated carbocycles. The lowest BCUT2D eigenvalue weighted by molar-refractivity contribution is -0.123. The number of nitrogens with zero attached hydrogens (tertiary/aromatic N) is 2. The summed E-state index contributed by atoms with van der Waals surface area (Å²) in [6.45, 7) is 2.31. The fourth-order valence-corrected chi connectivity index (χ4v) is 5.62. The molecule has 1 aliphatic heterocycles. The van der Waals surface area contributed by atoms with Crippen LogP contribution in [0.2, 0.25) is 10.0 Å². The number of carbonyl (C=O) groups is 1. The SMILES string of the molecule is COc1cc(/C=C2/SC(=Nc3ccccc3)N([C@H](C)c3ccccc3)C2=O)ccc1OCc1ccc(Cl)c(Cl)c1. The Morgan fingerprint density at radius 3 is 2.33 bits per heavy atom. The summed E-state index contributed by atoms with van der Waals surface area (Å²) >= 11 is 13.5. The van der Waals surface area contributed by atoms with Gasteiger partial charge in [0.1, 0.15) is 6.61 Å². The Balaban J connectivity index is 1.42. The smallest absolute Gasteiger partial charge is 0.267 e. The first kappa shape index (κ1) is 27.8. The average molecular weight is 590 g/mol. The van der Waals surface area contributed by atoms with Crippen molar-refractivity contribution in [2.24, 2.45) is 4.99 Å². The van der Waals surface area contributed by atoms with Gasteiger partial charge in [-0.15, -0.1) is 0 Å². The summed E-state index contributed by atoms with van der Waals surface area (Å²) in [6.07, 6.45) is 1.86. The second-order valence-electron chi connectivity index (χ2n) is 9.05. The first-order valence-corrected chi connectivity index (χ1v) is 14.2. The Kier molecular flexibility index (Phi) is 8.80. The van der Waals surface area contributed by atoms with E-state index in [9.17, 15) is 4.79 Å². The molecule has 1 heterocycles. The molecule has 8 heteroatoms. The number of methoxy groups -OCH3 is 1. The number of ether oxygens (including phenoxy) is 2. The van der Waals surface area contributed by atoms with Gasteiger partial charge in [0.2, 0.25) is 0 Å². The second-order valence-corrected chi connectivity index (χ2v) is 10.9. The molecule has 4 aromatic carbocycles. The highest BCUT2D eigenvalue weighted by Gasteiger charge is 2.37. The number of hydrogen-bond acceptors (Lipinski definition) is 5. The maximum absolute atomic E-state index is 13.7. The van der Waals surface area contributed by atoms with E-state index in [0.29, 0.717) is 38.2 Å². The predicted molar refractivity (Wildman–Crippen MR) is 165 cm³/mol. The van der Waals surface area contributed by atoms with Crippen molar-refractivity contribution < 1.29 is 14.3 Å². The van der Waals surface area contributed by atoms with Crippen molar-refractivity contribution in [1.29, 1.82) is 0 Å². The zero-order valence-electron chi connectivity index (χ0n) is 21.9. The number of rotatable bonds is 8. The normalized spacial score (nSPS) is 16.0. The third-order valence-corrected chi connectivity index (χ3v) is 8.07. The van der Waals surface area contributed by atoms with Crippen LogP contribution in [0, 0.1) is 0 Å². The molecular weight excluding hydrogens is 563 g/mol. The molecular formula is C32H26Cl2N2O3S. The minimum Gasteiger partial charge on any atom is -0.493 e. The number of para-hydroxylation sites is 1. The van der Waals surface area contributed by atoms with Crippen LogP contribution >= 0.6 is 35.0 Å². The van der Waals surface area contributed by atoms with E-state index in [0.717, 1.165) is 22.4 Å². The van der Waals surface area contributed by atoms with Crippen molar-refractivity contribution in [1.82, 2.24) is 4.90 Å². The van der Waals surface area contributed by atoms with Crippen molar-refractivity contribution in [2.45, 2.75) is 19.6 Å². The quantitative estimate of drug-likeness (QED) is 0.193. The zero-order chi connectivity index (χ0) is 28.1. The van der Waals surface area contributed by atoms with Gasteiger partial charge in [0.05, 0.1) is 33.8 Å². The van der Waals surface area contributed by atoms with Gasteiger partial charge in [0.25, 0.3) is 5.91 Å². The van der Waals surface area contributed by atoms with Crippen LogP contribution in [0.3, 0.4) is 0 Å². The topological polar surface area (TPSA) is 51.1 Å². The van der Waals surface area contributed by atoms with E-state index in [1.54, 1.807) is 24.1 Å². The Morgan fingerprint density at radius 2 is 1.62 bits per heavy atom. The Morgan fingerprint density at radius 1 is 0.900 bits per heavy atom. The van der Waals surface area contributed by atoms with Crippen molar-refractivity contribution >= 4 is 57.8 Å². The summed E-state index contributed by atoms with van der Waals surface area (Å²) in [4.78, 5) is 20.9. The number of thioether (sulfide) groups is 1. The molecule has 4 aromatic rings. The lowest BCUT2D eigenvalue weighted by atomic mass is 10.1. The minimum atomic E-state index is -0.193. The van der Waals surface area contributed by atoms with Crippen LogP contribution in [0.25, 0.3) is 6.08 Å². The Bertz CT molecular complexity index is 1580. The van der Waals surface area contributed by atoms with Crippen LogP contribution in [0.1, 0.15) is 29.7 Å². The van der Waals surface area contributed by atoms with Crippen LogP contribution in [0.15, 0.2) is 107 Å². The van der Waals surface area contributed by atoms with Crippen molar-refractivity contribution in [3.05, 3.63) is 129 Å². The van der Waals surface area contributed by atoms with Crippen LogP contribution in [0.4, 0.5) is 5.69 Å². The number of hydrogen-bond donors (Lipinski definition) is 0. The predicted octanol–water partition coefficient (Wildman–Crippen LogP) is 8.95. The molecule has 202 valence electrons. The maximum Gasteiger partial charge on any atom is 0.267 e. The lowest BCUT2D eigenvalue weighted by Crippen LogP contribution is -2.32. The summed E-state index contributed by atoms with van der Waals surface area (Å²) in [5.74, 6) is 1.03. The fourth-order valence-electron chi connectivity index (χ4n) is 4.23. The van der Waals surface area contributed by atoms with E-state index in [-0.39, 0.29) is 11.9 Å². The van der Waals surface area contributed by atoms with Gasteiger partial charge < -0.3 is 9.47 Å². The highest BCUT2D eigenvalue weighted by molar-refractivity contribution is 8.18. The molecule has 1 saturated heterocycles. The van der Waals surface area contributed by atoms with E-state index in [2.05, 4.69) is 0 Å². The molecule has 1 amide bonds. The number of carbonyl (C=O) groups excluding carboxylic acids is 1. The summed E-state index contributed by atoms with van der Waals surface area (Å²) in [5, 5.41) is 1.60. The van der Waals surface area contributed by atoms with Crippen LogP contribution in [-0.4, -0.2) is 23.1 Å². The molecule has 40 heavy (non-hydrogen) atoms. The van der Waals surface area contributed by atoms with Gasteiger partial charge in [-0.2, -0.15) is 0 Å². The number of amides is 1. The summed E-state index contributed by atoms with van der Waals surface area (Å²) in [6, 6.07) is 30.4. The summed E-state index contributed by atoms with van der Waals surface area (Å²) < 4.78 is 11.6. The highest BCUT2D eigenvalue weighted by Crippen LogP contribution is 2.40. The van der Waals surface area contributed by atoms with Gasteiger partial charge >= 0.3 is 0 Å². The molecule has 1 fully saturated rings. The number of benzene rings is 4. The molecule has 1 aliphatic rings. The maximum atomic E-state index is 13.7. The lowest BCUT2D eigenvalue weighted by Gasteiger charge is -2.24. The van der Waals surface area contributed by atoms with Crippen molar-refractivity contribution in [3.63, 3.8) is 0 Å². The van der Waals surface area contributed by atoms with E-state index >= 15 is 0 Å². The largest absolute Gasteiger partial charge is 0.493 e. The molecule has 0 spiro atoms. The van der Waals surface area contributed by atoms with Gasteiger partial charge in [-0.1, -0.05) is 83.9 Å². The summed E-state index contributed by atoms with van der Waals surface area (Å²) in [7, 11) is 1.58. The number of halogens is 2. The standard InChI is InChI=1S/C32H26Cl2N2O3S/c1-21(24-9-5-3-6-10-24)36-31(37)30(40-32(36)35-25-11-7-4-8-12-25)19-22-14-16-28(29(18-22)38-2)39-20-23-13-15-26(33)27(34)17-23/h3-19,21H,20H2,1-2H3/b30-19+,35-32?/t21-/m1/s1. The minimum absolute atomic E-state index is 0.102. The van der Waals surface area contributed by atoms with Gasteiger partial charge in [0.15, 0.2) is 16.7 Å². The van der Waals surface area contributed by atoms with Gasteiger partial charge in [-0.05, 0) is 77.9 Å². The van der Waals surface area contributed by atoms with Gasteiger partial charge in [-0.3, -0.25) is 9.69 Å². The molecule has 0 radical (unpaired) electrons. The Labute approximate surface area is 248 Å². The molecule has 0 N–H and O–H groups in total. The molecule has 0 aromatic heterocycles. The zero-order valence-corrected chi connectivity index (χ0v) is 24.2. The monoisotopic (exact) mass is 588 g/mol. The van der Waals surface area contributed by atoms with E-state index < -0.39 is 0 Å². The van der Waals surface area contributed by atoms with E-state index in [1.807, 2.05) is 97.9 Å². The molecule has 1 atom stereocenters. The molecule has 0 unspecified atom stereocenters. The highest BCUT2D eigenvalue weighted by atomic mass is 35.5. The van der Waals surface area contributed by atoms with Crippen LogP contribution < -0.4 is 9.47 Å². The number of amidine groups is 1. The first-order chi connectivity index (χ1) is 19.4. The number of aliphatic imine (C=N–C) groups is 1. The Hall–Kier alpha value is -3.71. The average Bonchev–Trinajstić information content (AvgIpc) is 3.28. The molecule has 0 aliphatic carbocycles. The van der Waals surface area contributed by atoms with Gasteiger partial charge in [0, 0.05) is 0 Å². The van der Waals surface area contributed by atoms with Gasteiger partial charge in [-0.25, -0.2) is 4.99 Å². The van der Waals surface area contributed by atoms with Crippen molar-refractivity contribution in [2.75, 3.05) is 7.11 Å². The van der Waals surface area contributed by atoms with E-state index in [1.165, 1.54) is 11.8 Å². The first-order valence-electron chi connectivity index (χ1n) is 12.6. The second kappa shape index (κ2) is 12.6. The molecule has 5 nitrogen and oxygen atoms in total. The molecule has 5 rings (SSSR count). The molecule has 0 bridgehead atoms. The van der Waals surface area contributed by atoms with Crippen LogP contribution in [-0.2, 0) is 11.4 Å².